The van der Waals surface area contributed by atoms with E-state index in [1.54, 1.807) is 35.1 Å². The van der Waals surface area contributed by atoms with Gasteiger partial charge in [0.1, 0.15) is 12.4 Å². The lowest BCUT2D eigenvalue weighted by atomic mass is 10.1. The monoisotopic (exact) mass is 324 g/mol. The van der Waals surface area contributed by atoms with E-state index in [0.717, 1.165) is 12.1 Å². The number of likely N-dealkylation sites (tertiary alicyclic amines) is 1. The lowest BCUT2D eigenvalue weighted by Crippen LogP contribution is -2.42. The van der Waals surface area contributed by atoms with Crippen molar-refractivity contribution >= 4 is 17.5 Å². The number of hydrogen-bond donors (Lipinski definition) is 0. The number of anilines is 1. The maximum atomic E-state index is 13.1. The molecule has 0 spiro atoms. The SMILES string of the molecule is COc1ccccc1C(=O)N(CN1CCCC1=O)c1ccccc1. The second-order valence-electron chi connectivity index (χ2n) is 5.67. The number of ether oxygens (including phenoxy) is 1. The number of rotatable bonds is 5. The fourth-order valence-electron chi connectivity index (χ4n) is 2.86. The molecule has 2 amide bonds. The Morgan fingerprint density at radius 1 is 1.12 bits per heavy atom. The molecule has 1 heterocycles. The van der Waals surface area contributed by atoms with Gasteiger partial charge >= 0.3 is 0 Å². The Labute approximate surface area is 141 Å². The van der Waals surface area contributed by atoms with Crippen LogP contribution in [0.4, 0.5) is 5.69 Å². The van der Waals surface area contributed by atoms with Crippen LogP contribution in [0.15, 0.2) is 54.6 Å². The van der Waals surface area contributed by atoms with Gasteiger partial charge in [-0.25, -0.2) is 0 Å². The molecule has 0 aromatic heterocycles. The van der Waals surface area contributed by atoms with Gasteiger partial charge in [0.25, 0.3) is 5.91 Å². The minimum atomic E-state index is -0.182. The number of nitrogens with zero attached hydrogens (tertiary/aromatic N) is 2. The summed E-state index contributed by atoms with van der Waals surface area (Å²) in [6.07, 6.45) is 1.38. The van der Waals surface area contributed by atoms with E-state index in [1.165, 1.54) is 0 Å². The molecule has 0 unspecified atom stereocenters. The Bertz CT molecular complexity index is 730. The van der Waals surface area contributed by atoms with Crippen LogP contribution in [0.1, 0.15) is 23.2 Å². The molecule has 5 nitrogen and oxygen atoms in total. The molecule has 2 aromatic carbocycles. The fraction of sp³-hybridized carbons (Fsp3) is 0.263. The summed E-state index contributed by atoms with van der Waals surface area (Å²) < 4.78 is 5.32. The van der Waals surface area contributed by atoms with Crippen LogP contribution in [0, 0.1) is 0 Å². The number of methoxy groups -OCH3 is 1. The molecule has 0 atom stereocenters. The molecular formula is C19H20N2O3. The van der Waals surface area contributed by atoms with Crippen LogP contribution in [0.3, 0.4) is 0 Å². The number of carbonyl (C=O) groups excluding carboxylic acids is 2. The molecule has 0 radical (unpaired) electrons. The molecule has 0 saturated carbocycles. The van der Waals surface area contributed by atoms with Gasteiger partial charge in [-0.05, 0) is 30.7 Å². The van der Waals surface area contributed by atoms with Gasteiger partial charge in [0.15, 0.2) is 0 Å². The van der Waals surface area contributed by atoms with Crippen molar-refractivity contribution in [1.82, 2.24) is 4.90 Å². The molecule has 1 saturated heterocycles. The Balaban J connectivity index is 1.94. The number of hydrogen-bond acceptors (Lipinski definition) is 3. The zero-order valence-corrected chi connectivity index (χ0v) is 13.6. The van der Waals surface area contributed by atoms with Gasteiger partial charge < -0.3 is 9.64 Å². The van der Waals surface area contributed by atoms with Crippen LogP contribution in [0.2, 0.25) is 0 Å². The van der Waals surface area contributed by atoms with Gasteiger partial charge in [-0.2, -0.15) is 0 Å². The Hall–Kier alpha value is -2.82. The van der Waals surface area contributed by atoms with Gasteiger partial charge in [0.2, 0.25) is 5.91 Å². The predicted molar refractivity (Wildman–Crippen MR) is 92.1 cm³/mol. The Kier molecular flexibility index (Phi) is 4.79. The molecule has 3 rings (SSSR count). The maximum absolute atomic E-state index is 13.1. The van der Waals surface area contributed by atoms with Crippen molar-refractivity contribution in [2.45, 2.75) is 12.8 Å². The largest absolute Gasteiger partial charge is 0.496 e. The van der Waals surface area contributed by atoms with E-state index in [4.69, 9.17) is 4.74 Å². The number of carbonyl (C=O) groups is 2. The summed E-state index contributed by atoms with van der Waals surface area (Å²) in [6, 6.07) is 16.5. The summed E-state index contributed by atoms with van der Waals surface area (Å²) in [5.41, 5.74) is 1.24. The molecule has 1 aliphatic rings. The van der Waals surface area contributed by atoms with E-state index in [1.807, 2.05) is 36.4 Å². The quantitative estimate of drug-likeness (QED) is 0.850. The van der Waals surface area contributed by atoms with Gasteiger partial charge in [0.05, 0.1) is 12.7 Å². The third kappa shape index (κ3) is 3.25. The van der Waals surface area contributed by atoms with Gasteiger partial charge in [0, 0.05) is 18.7 Å². The topological polar surface area (TPSA) is 49.9 Å². The first-order chi connectivity index (χ1) is 11.7. The van der Waals surface area contributed by atoms with Gasteiger partial charge in [-0.3, -0.25) is 14.5 Å². The number of para-hydroxylation sites is 2. The Morgan fingerprint density at radius 2 is 1.83 bits per heavy atom. The molecule has 5 heteroatoms. The van der Waals surface area contributed by atoms with Crippen molar-refractivity contribution in [3.05, 3.63) is 60.2 Å². The molecule has 124 valence electrons. The highest BCUT2D eigenvalue weighted by molar-refractivity contribution is 6.08. The van der Waals surface area contributed by atoms with E-state index < -0.39 is 0 Å². The third-order valence-electron chi connectivity index (χ3n) is 4.13. The molecule has 0 N–H and O–H groups in total. The molecule has 0 aliphatic carbocycles. The van der Waals surface area contributed by atoms with Crippen LogP contribution in [-0.2, 0) is 4.79 Å². The van der Waals surface area contributed by atoms with Crippen LogP contribution < -0.4 is 9.64 Å². The minimum Gasteiger partial charge on any atom is -0.496 e. The van der Waals surface area contributed by atoms with Crippen molar-refractivity contribution in [2.24, 2.45) is 0 Å². The highest BCUT2D eigenvalue weighted by Crippen LogP contribution is 2.24. The normalized spacial score (nSPS) is 13.9. The van der Waals surface area contributed by atoms with Crippen molar-refractivity contribution in [3.8, 4) is 5.75 Å². The van der Waals surface area contributed by atoms with Gasteiger partial charge in [-0.15, -0.1) is 0 Å². The standard InChI is InChI=1S/C19H20N2O3/c1-24-17-11-6-5-10-16(17)19(23)21(15-8-3-2-4-9-15)14-20-13-7-12-18(20)22/h2-6,8-11H,7,12-14H2,1H3. The summed E-state index contributed by atoms with van der Waals surface area (Å²) in [7, 11) is 1.54. The van der Waals surface area contributed by atoms with Crippen molar-refractivity contribution < 1.29 is 14.3 Å². The maximum Gasteiger partial charge on any atom is 0.263 e. The lowest BCUT2D eigenvalue weighted by Gasteiger charge is -2.28. The average molecular weight is 324 g/mol. The van der Waals surface area contributed by atoms with Gasteiger partial charge in [-0.1, -0.05) is 30.3 Å². The van der Waals surface area contributed by atoms with Crippen LogP contribution in [0.5, 0.6) is 5.75 Å². The second-order valence-corrected chi connectivity index (χ2v) is 5.67. The third-order valence-corrected chi connectivity index (χ3v) is 4.13. The molecule has 2 aromatic rings. The van der Waals surface area contributed by atoms with Crippen molar-refractivity contribution in [3.63, 3.8) is 0 Å². The first-order valence-electron chi connectivity index (χ1n) is 7.98. The lowest BCUT2D eigenvalue weighted by molar-refractivity contribution is -0.127. The minimum absolute atomic E-state index is 0.0868. The smallest absolute Gasteiger partial charge is 0.263 e. The zero-order chi connectivity index (χ0) is 16.9. The predicted octanol–water partition coefficient (Wildman–Crippen LogP) is 2.92. The van der Waals surface area contributed by atoms with E-state index in [9.17, 15) is 9.59 Å². The van der Waals surface area contributed by atoms with Crippen LogP contribution in [-0.4, -0.2) is 37.0 Å². The second kappa shape index (κ2) is 7.17. The molecular weight excluding hydrogens is 304 g/mol. The summed E-state index contributed by atoms with van der Waals surface area (Å²) in [5, 5.41) is 0. The van der Waals surface area contributed by atoms with E-state index in [0.29, 0.717) is 24.3 Å². The number of amides is 2. The van der Waals surface area contributed by atoms with E-state index in [2.05, 4.69) is 0 Å². The summed E-state index contributed by atoms with van der Waals surface area (Å²) in [6.45, 7) is 0.932. The summed E-state index contributed by atoms with van der Waals surface area (Å²) in [4.78, 5) is 28.5. The summed E-state index contributed by atoms with van der Waals surface area (Å²) >= 11 is 0. The van der Waals surface area contributed by atoms with Crippen molar-refractivity contribution in [1.29, 1.82) is 0 Å². The number of benzene rings is 2. The fourth-order valence-corrected chi connectivity index (χ4v) is 2.86. The molecule has 1 fully saturated rings. The molecule has 24 heavy (non-hydrogen) atoms. The van der Waals surface area contributed by atoms with E-state index >= 15 is 0 Å². The highest BCUT2D eigenvalue weighted by Gasteiger charge is 2.27. The summed E-state index contributed by atoms with van der Waals surface area (Å²) in [5.74, 6) is 0.429. The molecule has 0 bridgehead atoms. The first-order valence-corrected chi connectivity index (χ1v) is 7.98. The van der Waals surface area contributed by atoms with Crippen molar-refractivity contribution in [2.75, 3.05) is 25.2 Å². The Morgan fingerprint density at radius 3 is 2.50 bits per heavy atom. The zero-order valence-electron chi connectivity index (χ0n) is 13.6. The van der Waals surface area contributed by atoms with E-state index in [-0.39, 0.29) is 18.5 Å². The average Bonchev–Trinajstić information content (AvgIpc) is 3.04. The molecule has 1 aliphatic heterocycles. The van der Waals surface area contributed by atoms with Crippen LogP contribution >= 0.6 is 0 Å². The van der Waals surface area contributed by atoms with Crippen LogP contribution in [0.25, 0.3) is 0 Å². The first kappa shape index (κ1) is 16.1. The highest BCUT2D eigenvalue weighted by atomic mass is 16.5.